The zero-order valence-corrected chi connectivity index (χ0v) is 25.6. The van der Waals surface area contributed by atoms with Crippen LogP contribution in [0.4, 0.5) is 8.78 Å². The van der Waals surface area contributed by atoms with E-state index in [-0.39, 0.29) is 30.0 Å². The van der Waals surface area contributed by atoms with E-state index in [1.165, 1.54) is 12.1 Å². The number of thiazole rings is 1. The lowest BCUT2D eigenvalue weighted by Gasteiger charge is -2.29. The summed E-state index contributed by atoms with van der Waals surface area (Å²) in [6.07, 6.45) is 4.66. The Bertz CT molecular complexity index is 1510. The van der Waals surface area contributed by atoms with E-state index in [4.69, 9.17) is 4.74 Å². The summed E-state index contributed by atoms with van der Waals surface area (Å²) in [6.45, 7) is 3.76. The number of ether oxygens (including phenoxy) is 1. The molecule has 3 aliphatic heterocycles. The maximum absolute atomic E-state index is 14.2. The summed E-state index contributed by atoms with van der Waals surface area (Å²) in [5.74, 6) is -1.59. The molecule has 11 heteroatoms. The van der Waals surface area contributed by atoms with Gasteiger partial charge in [0.2, 0.25) is 0 Å². The third-order valence-electron chi connectivity index (χ3n) is 8.83. The molecular weight excluding hydrogens is 586 g/mol. The van der Waals surface area contributed by atoms with Crippen LogP contribution in [-0.4, -0.2) is 64.7 Å². The SMILES string of the molecule is Cc1csc(C2CCCN2C(=O)c2cc(C(=O)NC(Cc3cc(F)cc(F)c3)C(O)C3CCCN3)cc3c2CCCCO3)n1. The third-order valence-corrected chi connectivity index (χ3v) is 9.90. The number of likely N-dealkylation sites (tertiary alicyclic amines) is 1. The van der Waals surface area contributed by atoms with Crippen LogP contribution >= 0.6 is 11.3 Å². The molecule has 0 radical (unpaired) electrons. The van der Waals surface area contributed by atoms with Gasteiger partial charge in [0, 0.05) is 46.4 Å². The van der Waals surface area contributed by atoms with E-state index in [2.05, 4.69) is 15.6 Å². The second-order valence-corrected chi connectivity index (χ2v) is 12.9. The molecule has 0 aliphatic carbocycles. The van der Waals surface area contributed by atoms with E-state index < -0.39 is 29.7 Å². The van der Waals surface area contributed by atoms with Crippen LogP contribution in [0.1, 0.15) is 87.1 Å². The Morgan fingerprint density at radius 2 is 1.95 bits per heavy atom. The van der Waals surface area contributed by atoms with Crippen LogP contribution in [0.2, 0.25) is 0 Å². The fourth-order valence-electron chi connectivity index (χ4n) is 6.66. The minimum atomic E-state index is -1.00. The number of hydrogen-bond donors (Lipinski definition) is 3. The van der Waals surface area contributed by atoms with Crippen molar-refractivity contribution in [2.24, 2.45) is 0 Å². The molecule has 44 heavy (non-hydrogen) atoms. The molecule has 3 N–H and O–H groups in total. The number of aromatic nitrogens is 1. The van der Waals surface area contributed by atoms with Crippen molar-refractivity contribution < 1.29 is 28.2 Å². The summed E-state index contributed by atoms with van der Waals surface area (Å²) in [5, 5.41) is 20.4. The number of amides is 2. The molecule has 234 valence electrons. The molecule has 3 aromatic rings. The lowest BCUT2D eigenvalue weighted by molar-refractivity contribution is 0.0732. The first-order chi connectivity index (χ1) is 21.3. The monoisotopic (exact) mass is 624 g/mol. The Labute approximate surface area is 259 Å². The van der Waals surface area contributed by atoms with E-state index in [9.17, 15) is 23.5 Å². The van der Waals surface area contributed by atoms with Crippen molar-refractivity contribution in [1.82, 2.24) is 20.5 Å². The highest BCUT2D eigenvalue weighted by molar-refractivity contribution is 7.09. The van der Waals surface area contributed by atoms with Crippen molar-refractivity contribution in [2.75, 3.05) is 19.7 Å². The molecule has 2 fully saturated rings. The number of hydrogen-bond acceptors (Lipinski definition) is 7. The topological polar surface area (TPSA) is 104 Å². The Balaban J connectivity index is 1.31. The standard InChI is InChI=1S/C33H38F2N4O4S/c1-19-18-44-32(37-19)28-8-5-10-39(28)33(42)25-15-21(16-29-24(25)6-2-3-11-43-29)31(41)38-27(30(40)26-7-4-9-36-26)14-20-12-22(34)17-23(35)13-20/h12-13,15-18,26-28,30,36,40H,2-11,14H2,1H3,(H,38,41). The van der Waals surface area contributed by atoms with Crippen LogP contribution < -0.4 is 15.4 Å². The molecular formula is C33H38F2N4O4S. The van der Waals surface area contributed by atoms with Crippen LogP contribution in [0, 0.1) is 18.6 Å². The number of rotatable bonds is 8. The summed E-state index contributed by atoms with van der Waals surface area (Å²) in [6, 6.07) is 5.28. The van der Waals surface area contributed by atoms with Crippen LogP contribution in [0.25, 0.3) is 0 Å². The molecule has 8 nitrogen and oxygen atoms in total. The number of benzene rings is 2. The molecule has 3 aliphatic rings. The highest BCUT2D eigenvalue weighted by atomic mass is 32.1. The van der Waals surface area contributed by atoms with Gasteiger partial charge in [-0.1, -0.05) is 0 Å². The lowest BCUT2D eigenvalue weighted by atomic mass is 9.94. The van der Waals surface area contributed by atoms with Crippen molar-refractivity contribution in [3.05, 3.63) is 80.3 Å². The number of nitrogens with one attached hydrogen (secondary N) is 2. The van der Waals surface area contributed by atoms with Gasteiger partial charge in [-0.2, -0.15) is 0 Å². The number of carbonyl (C=O) groups excluding carboxylic acids is 2. The number of carbonyl (C=O) groups is 2. The molecule has 4 atom stereocenters. The van der Waals surface area contributed by atoms with Crippen LogP contribution in [0.5, 0.6) is 5.75 Å². The van der Waals surface area contributed by atoms with Crippen molar-refractivity contribution in [1.29, 1.82) is 0 Å². The number of aryl methyl sites for hydroxylation is 1. The Morgan fingerprint density at radius 1 is 1.14 bits per heavy atom. The van der Waals surface area contributed by atoms with E-state index in [0.29, 0.717) is 42.9 Å². The first kappa shape index (κ1) is 30.6. The maximum Gasteiger partial charge on any atom is 0.254 e. The minimum absolute atomic E-state index is 0.0235. The third kappa shape index (κ3) is 6.64. The Kier molecular flexibility index (Phi) is 9.25. The molecule has 0 bridgehead atoms. The predicted octanol–water partition coefficient (Wildman–Crippen LogP) is 4.88. The molecule has 0 spiro atoms. The van der Waals surface area contributed by atoms with Gasteiger partial charge in [-0.3, -0.25) is 9.59 Å². The molecule has 6 rings (SSSR count). The van der Waals surface area contributed by atoms with Crippen LogP contribution in [-0.2, 0) is 12.8 Å². The van der Waals surface area contributed by atoms with Gasteiger partial charge in [-0.05, 0) is 94.7 Å². The Morgan fingerprint density at radius 3 is 2.68 bits per heavy atom. The first-order valence-electron chi connectivity index (χ1n) is 15.5. The van der Waals surface area contributed by atoms with Crippen molar-refractivity contribution >= 4 is 23.2 Å². The molecule has 2 saturated heterocycles. The molecule has 4 heterocycles. The predicted molar refractivity (Wildman–Crippen MR) is 163 cm³/mol. The summed E-state index contributed by atoms with van der Waals surface area (Å²) in [4.78, 5) is 34.6. The van der Waals surface area contributed by atoms with E-state index in [0.717, 1.165) is 61.0 Å². The van der Waals surface area contributed by atoms with Gasteiger partial charge >= 0.3 is 0 Å². The summed E-state index contributed by atoms with van der Waals surface area (Å²) in [7, 11) is 0. The van der Waals surface area contributed by atoms with Crippen molar-refractivity contribution in [2.45, 2.75) is 82.5 Å². The number of halogens is 2. The van der Waals surface area contributed by atoms with Gasteiger partial charge < -0.3 is 25.4 Å². The highest BCUT2D eigenvalue weighted by Crippen LogP contribution is 2.37. The molecule has 2 aromatic carbocycles. The first-order valence-corrected chi connectivity index (χ1v) is 16.3. The largest absolute Gasteiger partial charge is 0.493 e. The van der Waals surface area contributed by atoms with E-state index >= 15 is 0 Å². The van der Waals surface area contributed by atoms with E-state index in [1.807, 2.05) is 17.2 Å². The average Bonchev–Trinajstić information content (AvgIpc) is 3.75. The lowest BCUT2D eigenvalue weighted by Crippen LogP contribution is -2.52. The quantitative estimate of drug-likeness (QED) is 0.330. The van der Waals surface area contributed by atoms with E-state index in [1.54, 1.807) is 23.5 Å². The number of aliphatic hydroxyl groups is 1. The maximum atomic E-state index is 14.2. The van der Waals surface area contributed by atoms with Gasteiger partial charge in [-0.25, -0.2) is 13.8 Å². The van der Waals surface area contributed by atoms with Gasteiger partial charge in [0.1, 0.15) is 22.4 Å². The molecule has 1 aromatic heterocycles. The number of aliphatic hydroxyl groups excluding tert-OH is 1. The zero-order valence-electron chi connectivity index (χ0n) is 24.8. The van der Waals surface area contributed by atoms with Crippen LogP contribution in [0.3, 0.4) is 0 Å². The Hall–Kier alpha value is -3.41. The number of fused-ring (bicyclic) bond motifs is 1. The van der Waals surface area contributed by atoms with Gasteiger partial charge in [0.15, 0.2) is 0 Å². The minimum Gasteiger partial charge on any atom is -0.493 e. The van der Waals surface area contributed by atoms with Crippen molar-refractivity contribution in [3.63, 3.8) is 0 Å². The second kappa shape index (κ2) is 13.3. The van der Waals surface area contributed by atoms with Crippen LogP contribution in [0.15, 0.2) is 35.7 Å². The highest BCUT2D eigenvalue weighted by Gasteiger charge is 2.36. The molecule has 0 saturated carbocycles. The zero-order chi connectivity index (χ0) is 30.8. The average molecular weight is 625 g/mol. The normalized spacial score (nSPS) is 21.3. The summed E-state index contributed by atoms with van der Waals surface area (Å²) >= 11 is 1.56. The summed E-state index contributed by atoms with van der Waals surface area (Å²) in [5.41, 5.74) is 2.72. The van der Waals surface area contributed by atoms with Gasteiger partial charge in [0.05, 0.1) is 24.8 Å². The molecule has 4 unspecified atom stereocenters. The number of nitrogens with zero attached hydrogens (tertiary/aromatic N) is 2. The second-order valence-electron chi connectivity index (χ2n) is 12.0. The smallest absolute Gasteiger partial charge is 0.254 e. The fourth-order valence-corrected chi connectivity index (χ4v) is 7.60. The fraction of sp³-hybridized carbons (Fsp3) is 0.485. The molecule has 2 amide bonds. The van der Waals surface area contributed by atoms with Gasteiger partial charge in [-0.15, -0.1) is 11.3 Å². The van der Waals surface area contributed by atoms with Crippen molar-refractivity contribution in [3.8, 4) is 5.75 Å². The summed E-state index contributed by atoms with van der Waals surface area (Å²) < 4.78 is 34.1. The van der Waals surface area contributed by atoms with Gasteiger partial charge in [0.25, 0.3) is 11.8 Å².